The standard InChI is InChI=1S/C14H19N3O/c1-10(2)14-16-7-8-17(14)9-13(18)11-3-5-12(15)6-4-11/h3-8,10,13,18H,9,15H2,1-2H3. The zero-order valence-electron chi connectivity index (χ0n) is 10.7. The van der Waals surface area contributed by atoms with Crippen LogP contribution in [-0.4, -0.2) is 14.7 Å². The highest BCUT2D eigenvalue weighted by Crippen LogP contribution is 2.19. The number of hydrogen-bond acceptors (Lipinski definition) is 3. The molecule has 1 aromatic carbocycles. The number of benzene rings is 1. The van der Waals surface area contributed by atoms with Gasteiger partial charge in [-0.3, -0.25) is 0 Å². The number of nitrogens with two attached hydrogens (primary N) is 1. The maximum atomic E-state index is 10.2. The van der Waals surface area contributed by atoms with Crippen molar-refractivity contribution in [3.05, 3.63) is 48.0 Å². The summed E-state index contributed by atoms with van der Waals surface area (Å²) >= 11 is 0. The Kier molecular flexibility index (Phi) is 3.67. The maximum Gasteiger partial charge on any atom is 0.111 e. The zero-order valence-corrected chi connectivity index (χ0v) is 10.7. The van der Waals surface area contributed by atoms with Crippen LogP contribution in [-0.2, 0) is 6.54 Å². The maximum absolute atomic E-state index is 10.2. The van der Waals surface area contributed by atoms with Crippen molar-refractivity contribution in [2.24, 2.45) is 0 Å². The summed E-state index contributed by atoms with van der Waals surface area (Å²) < 4.78 is 1.99. The Labute approximate surface area is 107 Å². The van der Waals surface area contributed by atoms with E-state index in [1.807, 2.05) is 22.9 Å². The van der Waals surface area contributed by atoms with Crippen molar-refractivity contribution in [1.29, 1.82) is 0 Å². The molecule has 96 valence electrons. The predicted molar refractivity (Wildman–Crippen MR) is 72.1 cm³/mol. The lowest BCUT2D eigenvalue weighted by molar-refractivity contribution is 0.155. The van der Waals surface area contributed by atoms with Gasteiger partial charge in [0.1, 0.15) is 5.82 Å². The third-order valence-electron chi connectivity index (χ3n) is 2.95. The molecule has 0 spiro atoms. The SMILES string of the molecule is CC(C)c1nccn1CC(O)c1ccc(N)cc1. The average molecular weight is 245 g/mol. The first-order valence-corrected chi connectivity index (χ1v) is 6.12. The van der Waals surface area contributed by atoms with Gasteiger partial charge in [0, 0.05) is 24.0 Å². The first-order chi connectivity index (χ1) is 8.58. The molecule has 0 aliphatic carbocycles. The molecule has 0 aliphatic heterocycles. The van der Waals surface area contributed by atoms with Gasteiger partial charge in [0.15, 0.2) is 0 Å². The summed E-state index contributed by atoms with van der Waals surface area (Å²) in [5, 5.41) is 10.2. The summed E-state index contributed by atoms with van der Waals surface area (Å²) in [4.78, 5) is 4.31. The molecule has 2 rings (SSSR count). The number of nitrogens with zero attached hydrogens (tertiary/aromatic N) is 2. The highest BCUT2D eigenvalue weighted by atomic mass is 16.3. The Morgan fingerprint density at radius 1 is 1.28 bits per heavy atom. The van der Waals surface area contributed by atoms with E-state index in [-0.39, 0.29) is 0 Å². The summed E-state index contributed by atoms with van der Waals surface area (Å²) in [7, 11) is 0. The predicted octanol–water partition coefficient (Wildman–Crippen LogP) is 2.32. The number of aliphatic hydroxyl groups excluding tert-OH is 1. The van der Waals surface area contributed by atoms with Crippen LogP contribution in [0.1, 0.15) is 37.3 Å². The van der Waals surface area contributed by atoms with Crippen LogP contribution < -0.4 is 5.73 Å². The van der Waals surface area contributed by atoms with E-state index in [1.165, 1.54) is 0 Å². The lowest BCUT2D eigenvalue weighted by Crippen LogP contribution is -2.11. The quantitative estimate of drug-likeness (QED) is 0.812. The summed E-state index contributed by atoms with van der Waals surface area (Å²) in [6, 6.07) is 7.31. The van der Waals surface area contributed by atoms with Crippen LogP contribution in [0.15, 0.2) is 36.7 Å². The van der Waals surface area contributed by atoms with Gasteiger partial charge in [-0.05, 0) is 17.7 Å². The molecule has 4 nitrogen and oxygen atoms in total. The van der Waals surface area contributed by atoms with Crippen molar-refractivity contribution >= 4 is 5.69 Å². The minimum atomic E-state index is -0.544. The van der Waals surface area contributed by atoms with E-state index < -0.39 is 6.10 Å². The van der Waals surface area contributed by atoms with Crippen molar-refractivity contribution in [2.75, 3.05) is 5.73 Å². The third-order valence-corrected chi connectivity index (χ3v) is 2.95. The Morgan fingerprint density at radius 3 is 2.56 bits per heavy atom. The number of aliphatic hydroxyl groups is 1. The van der Waals surface area contributed by atoms with E-state index in [0.717, 1.165) is 11.4 Å². The number of rotatable bonds is 4. The summed E-state index contributed by atoms with van der Waals surface area (Å²) in [5.74, 6) is 1.34. The number of nitrogen functional groups attached to an aromatic ring is 1. The largest absolute Gasteiger partial charge is 0.399 e. The van der Waals surface area contributed by atoms with Gasteiger partial charge < -0.3 is 15.4 Å². The van der Waals surface area contributed by atoms with Crippen LogP contribution in [0.3, 0.4) is 0 Å². The topological polar surface area (TPSA) is 64.1 Å². The number of imidazole rings is 1. The summed E-state index contributed by atoms with van der Waals surface area (Å²) in [5.41, 5.74) is 7.20. The monoisotopic (exact) mass is 245 g/mol. The highest BCUT2D eigenvalue weighted by molar-refractivity contribution is 5.39. The molecule has 3 N–H and O–H groups in total. The van der Waals surface area contributed by atoms with E-state index in [4.69, 9.17) is 5.73 Å². The molecule has 1 heterocycles. The third kappa shape index (κ3) is 2.71. The molecule has 0 amide bonds. The van der Waals surface area contributed by atoms with Crippen LogP contribution in [0.5, 0.6) is 0 Å². The minimum Gasteiger partial charge on any atom is -0.399 e. The second-order valence-electron chi connectivity index (χ2n) is 4.77. The van der Waals surface area contributed by atoms with Crippen LogP contribution >= 0.6 is 0 Å². The van der Waals surface area contributed by atoms with Crippen molar-refractivity contribution < 1.29 is 5.11 Å². The van der Waals surface area contributed by atoms with Gasteiger partial charge in [-0.25, -0.2) is 4.98 Å². The van der Waals surface area contributed by atoms with E-state index in [9.17, 15) is 5.11 Å². The highest BCUT2D eigenvalue weighted by Gasteiger charge is 2.12. The molecule has 0 bridgehead atoms. The van der Waals surface area contributed by atoms with E-state index >= 15 is 0 Å². The van der Waals surface area contributed by atoms with Crippen molar-refractivity contribution in [3.63, 3.8) is 0 Å². The normalized spacial score (nSPS) is 12.9. The van der Waals surface area contributed by atoms with Crippen LogP contribution in [0.4, 0.5) is 5.69 Å². The van der Waals surface area contributed by atoms with Gasteiger partial charge in [-0.15, -0.1) is 0 Å². The zero-order chi connectivity index (χ0) is 13.1. The van der Waals surface area contributed by atoms with Gasteiger partial charge in [0.2, 0.25) is 0 Å². The first-order valence-electron chi connectivity index (χ1n) is 6.12. The molecule has 18 heavy (non-hydrogen) atoms. The summed E-state index contributed by atoms with van der Waals surface area (Å²) in [6.07, 6.45) is 3.12. The molecule has 0 saturated carbocycles. The van der Waals surface area contributed by atoms with Crippen molar-refractivity contribution in [2.45, 2.75) is 32.4 Å². The van der Waals surface area contributed by atoms with Gasteiger partial charge in [-0.1, -0.05) is 26.0 Å². The average Bonchev–Trinajstić information content (AvgIpc) is 2.78. The Hall–Kier alpha value is -1.81. The number of aromatic nitrogens is 2. The van der Waals surface area contributed by atoms with Gasteiger partial charge in [0.25, 0.3) is 0 Å². The van der Waals surface area contributed by atoms with E-state index in [0.29, 0.717) is 18.2 Å². The van der Waals surface area contributed by atoms with Gasteiger partial charge >= 0.3 is 0 Å². The van der Waals surface area contributed by atoms with Gasteiger partial charge in [-0.2, -0.15) is 0 Å². The second-order valence-corrected chi connectivity index (χ2v) is 4.77. The molecule has 1 unspecified atom stereocenters. The number of hydrogen-bond donors (Lipinski definition) is 2. The fourth-order valence-corrected chi connectivity index (χ4v) is 1.99. The molecule has 1 aromatic heterocycles. The molecule has 0 fully saturated rings. The molecule has 1 atom stereocenters. The molecule has 0 saturated heterocycles. The fourth-order valence-electron chi connectivity index (χ4n) is 1.99. The lowest BCUT2D eigenvalue weighted by Gasteiger charge is -2.15. The Morgan fingerprint density at radius 2 is 1.94 bits per heavy atom. The van der Waals surface area contributed by atoms with Gasteiger partial charge in [0.05, 0.1) is 12.6 Å². The second kappa shape index (κ2) is 5.23. The van der Waals surface area contributed by atoms with Crippen LogP contribution in [0.25, 0.3) is 0 Å². The lowest BCUT2D eigenvalue weighted by atomic mass is 10.1. The molecular formula is C14H19N3O. The van der Waals surface area contributed by atoms with Crippen LogP contribution in [0.2, 0.25) is 0 Å². The Bertz CT molecular complexity index is 502. The Balaban J connectivity index is 2.13. The molecular weight excluding hydrogens is 226 g/mol. The van der Waals surface area contributed by atoms with E-state index in [2.05, 4.69) is 18.8 Å². The summed E-state index contributed by atoms with van der Waals surface area (Å²) in [6.45, 7) is 4.69. The smallest absolute Gasteiger partial charge is 0.111 e. The van der Waals surface area contributed by atoms with Crippen molar-refractivity contribution in [1.82, 2.24) is 9.55 Å². The molecule has 0 radical (unpaired) electrons. The molecule has 0 aliphatic rings. The molecule has 2 aromatic rings. The van der Waals surface area contributed by atoms with Crippen molar-refractivity contribution in [3.8, 4) is 0 Å². The number of anilines is 1. The van der Waals surface area contributed by atoms with E-state index in [1.54, 1.807) is 18.3 Å². The van der Waals surface area contributed by atoms with Crippen LogP contribution in [0, 0.1) is 0 Å². The first kappa shape index (κ1) is 12.6. The minimum absolute atomic E-state index is 0.346. The molecule has 4 heteroatoms. The fraction of sp³-hybridized carbons (Fsp3) is 0.357.